The largest absolute Gasteiger partial charge is 0.496 e. The number of allylic oxidation sites excluding steroid dienone is 3. The van der Waals surface area contributed by atoms with Gasteiger partial charge >= 0.3 is 0 Å². The molecule has 1 amide bonds. The zero-order chi connectivity index (χ0) is 17.4. The monoisotopic (exact) mass is 329 g/mol. The molecule has 0 aromatic heterocycles. The summed E-state index contributed by atoms with van der Waals surface area (Å²) in [6.45, 7) is 0. The Labute approximate surface area is 143 Å². The number of hydrogen-bond acceptors (Lipinski definition) is 4. The maximum absolute atomic E-state index is 12.1. The van der Waals surface area contributed by atoms with Crippen LogP contribution in [0.2, 0.25) is 0 Å². The highest BCUT2D eigenvalue weighted by molar-refractivity contribution is 5.80. The minimum atomic E-state index is -0.183. The van der Waals surface area contributed by atoms with Crippen molar-refractivity contribution in [2.24, 2.45) is 17.4 Å². The maximum atomic E-state index is 12.1. The molecule has 0 heterocycles. The molecule has 1 aromatic carbocycles. The number of methoxy groups -OCH3 is 1. The van der Waals surface area contributed by atoms with E-state index in [1.807, 2.05) is 30.3 Å². The van der Waals surface area contributed by atoms with Gasteiger partial charge in [-0.1, -0.05) is 37.5 Å². The summed E-state index contributed by atoms with van der Waals surface area (Å²) >= 11 is 0. The topological polar surface area (TPSA) is 90.4 Å². The molecule has 1 aliphatic carbocycles. The van der Waals surface area contributed by atoms with Crippen molar-refractivity contribution in [3.63, 3.8) is 0 Å². The number of nitrogens with one attached hydrogen (secondary N) is 1. The summed E-state index contributed by atoms with van der Waals surface area (Å²) in [4.78, 5) is 12.1. The van der Waals surface area contributed by atoms with E-state index in [1.54, 1.807) is 13.2 Å². The third kappa shape index (κ3) is 5.33. The molecule has 130 valence electrons. The van der Waals surface area contributed by atoms with E-state index in [1.165, 1.54) is 19.3 Å². The number of ether oxygens (including phenoxy) is 1. The van der Waals surface area contributed by atoms with Gasteiger partial charge in [0.1, 0.15) is 11.6 Å². The van der Waals surface area contributed by atoms with Crippen molar-refractivity contribution in [3.05, 3.63) is 53.5 Å². The number of nitrogens with two attached hydrogens (primary N) is 2. The first-order valence-electron chi connectivity index (χ1n) is 8.44. The fourth-order valence-electron chi connectivity index (χ4n) is 3.03. The van der Waals surface area contributed by atoms with Crippen LogP contribution >= 0.6 is 0 Å². The van der Waals surface area contributed by atoms with Crippen LogP contribution in [-0.2, 0) is 11.2 Å². The lowest BCUT2D eigenvalue weighted by Crippen LogP contribution is -2.28. The Morgan fingerprint density at radius 2 is 1.92 bits per heavy atom. The number of hydrogen-bond donors (Lipinski definition) is 3. The second-order valence-electron chi connectivity index (χ2n) is 6.16. The van der Waals surface area contributed by atoms with E-state index in [4.69, 9.17) is 16.2 Å². The normalized spacial score (nSPS) is 16.7. The van der Waals surface area contributed by atoms with Crippen LogP contribution in [0.1, 0.15) is 37.7 Å². The first kappa shape index (κ1) is 17.9. The minimum absolute atomic E-state index is 0.183. The molecule has 0 spiro atoms. The van der Waals surface area contributed by atoms with Gasteiger partial charge < -0.3 is 21.5 Å². The lowest BCUT2D eigenvalue weighted by molar-refractivity contribution is -0.119. The Morgan fingerprint density at radius 1 is 1.21 bits per heavy atom. The Balaban J connectivity index is 1.90. The number of benzene rings is 1. The van der Waals surface area contributed by atoms with Crippen molar-refractivity contribution in [2.75, 3.05) is 7.11 Å². The van der Waals surface area contributed by atoms with Crippen LogP contribution in [-0.4, -0.2) is 13.0 Å². The molecule has 2 rings (SSSR count). The average Bonchev–Trinajstić information content (AvgIpc) is 2.60. The van der Waals surface area contributed by atoms with Gasteiger partial charge in [-0.05, 0) is 37.0 Å². The van der Waals surface area contributed by atoms with Crippen LogP contribution in [0.3, 0.4) is 0 Å². The molecule has 5 N–H and O–H groups in total. The van der Waals surface area contributed by atoms with E-state index in [9.17, 15) is 4.79 Å². The molecule has 1 fully saturated rings. The number of carbonyl (C=O) groups excluding carboxylic acids is 1. The van der Waals surface area contributed by atoms with Crippen molar-refractivity contribution < 1.29 is 9.53 Å². The van der Waals surface area contributed by atoms with Gasteiger partial charge in [-0.25, -0.2) is 0 Å². The zero-order valence-electron chi connectivity index (χ0n) is 14.3. The van der Waals surface area contributed by atoms with Crippen molar-refractivity contribution in [2.45, 2.75) is 38.5 Å². The highest BCUT2D eigenvalue weighted by Gasteiger charge is 2.15. The van der Waals surface area contributed by atoms with E-state index in [0.29, 0.717) is 17.5 Å². The summed E-state index contributed by atoms with van der Waals surface area (Å²) < 4.78 is 5.25. The van der Waals surface area contributed by atoms with E-state index in [2.05, 4.69) is 5.32 Å². The van der Waals surface area contributed by atoms with Gasteiger partial charge in [-0.2, -0.15) is 0 Å². The van der Waals surface area contributed by atoms with Gasteiger partial charge in [0.2, 0.25) is 5.91 Å². The third-order valence-corrected chi connectivity index (χ3v) is 4.36. The first-order chi connectivity index (χ1) is 11.6. The molecule has 1 saturated carbocycles. The lowest BCUT2D eigenvalue weighted by Gasteiger charge is -2.21. The second kappa shape index (κ2) is 9.01. The molecule has 1 aromatic rings. The molecular formula is C19H27N3O2. The number of amides is 1. The van der Waals surface area contributed by atoms with Crippen LogP contribution in [0, 0.1) is 5.92 Å². The summed E-state index contributed by atoms with van der Waals surface area (Å²) in [5.41, 5.74) is 13.7. The number of para-hydroxylation sites is 1. The Kier molecular flexibility index (Phi) is 6.73. The Morgan fingerprint density at radius 3 is 2.62 bits per heavy atom. The minimum Gasteiger partial charge on any atom is -0.496 e. The highest BCUT2D eigenvalue weighted by Crippen LogP contribution is 2.27. The molecule has 5 heteroatoms. The van der Waals surface area contributed by atoms with Crippen LogP contribution in [0.15, 0.2) is 47.9 Å². The first-order valence-corrected chi connectivity index (χ1v) is 8.44. The molecule has 0 aliphatic heterocycles. The van der Waals surface area contributed by atoms with E-state index < -0.39 is 0 Å². The van der Waals surface area contributed by atoms with Gasteiger partial charge in [0.05, 0.1) is 13.5 Å². The van der Waals surface area contributed by atoms with Crippen LogP contribution in [0.4, 0.5) is 0 Å². The fourth-order valence-corrected chi connectivity index (χ4v) is 3.03. The molecule has 0 radical (unpaired) electrons. The molecule has 0 bridgehead atoms. The van der Waals surface area contributed by atoms with Crippen molar-refractivity contribution in [1.82, 2.24) is 5.32 Å². The SMILES string of the molecule is COc1ccccc1CC(=O)N/C(N)=C/C=C(\N)C1CCCCC1. The predicted octanol–water partition coefficient (Wildman–Crippen LogP) is 2.58. The van der Waals surface area contributed by atoms with E-state index in [0.717, 1.165) is 24.1 Å². The van der Waals surface area contributed by atoms with Gasteiger partial charge in [-0.3, -0.25) is 4.79 Å². The Bertz CT molecular complexity index is 617. The third-order valence-electron chi connectivity index (χ3n) is 4.36. The van der Waals surface area contributed by atoms with Crippen LogP contribution in [0.5, 0.6) is 5.75 Å². The quantitative estimate of drug-likeness (QED) is 0.700. The van der Waals surface area contributed by atoms with Crippen LogP contribution < -0.4 is 21.5 Å². The van der Waals surface area contributed by atoms with Crippen LogP contribution in [0.25, 0.3) is 0 Å². The fraction of sp³-hybridized carbons (Fsp3) is 0.421. The van der Waals surface area contributed by atoms with E-state index in [-0.39, 0.29) is 12.3 Å². The summed E-state index contributed by atoms with van der Waals surface area (Å²) in [5, 5.41) is 2.68. The molecule has 1 aliphatic rings. The molecule has 0 unspecified atom stereocenters. The summed E-state index contributed by atoms with van der Waals surface area (Å²) in [5.74, 6) is 1.25. The van der Waals surface area contributed by atoms with Gasteiger partial charge in [0, 0.05) is 11.3 Å². The van der Waals surface area contributed by atoms with Crippen molar-refractivity contribution >= 4 is 5.91 Å². The lowest BCUT2D eigenvalue weighted by atomic mass is 9.87. The summed E-state index contributed by atoms with van der Waals surface area (Å²) in [6.07, 6.45) is 9.72. The molecule has 0 saturated heterocycles. The van der Waals surface area contributed by atoms with Gasteiger partial charge in [0.25, 0.3) is 0 Å². The summed E-state index contributed by atoms with van der Waals surface area (Å²) in [7, 11) is 1.59. The maximum Gasteiger partial charge on any atom is 0.230 e. The molecular weight excluding hydrogens is 302 g/mol. The molecule has 0 atom stereocenters. The average molecular weight is 329 g/mol. The number of rotatable bonds is 6. The molecule has 5 nitrogen and oxygen atoms in total. The van der Waals surface area contributed by atoms with Crippen molar-refractivity contribution in [1.29, 1.82) is 0 Å². The predicted molar refractivity (Wildman–Crippen MR) is 96.0 cm³/mol. The molecule has 24 heavy (non-hydrogen) atoms. The zero-order valence-corrected chi connectivity index (χ0v) is 14.3. The number of carbonyl (C=O) groups is 1. The Hall–Kier alpha value is -2.43. The summed E-state index contributed by atoms with van der Waals surface area (Å²) in [6, 6.07) is 7.43. The standard InChI is InChI=1S/C19H27N3O2/c1-24-17-10-6-5-9-15(17)13-19(23)22-18(21)12-11-16(20)14-7-3-2-4-8-14/h5-6,9-12,14H,2-4,7-8,13,20-21H2,1H3,(H,22,23)/b16-11-,18-12+. The van der Waals surface area contributed by atoms with Gasteiger partial charge in [0.15, 0.2) is 0 Å². The van der Waals surface area contributed by atoms with E-state index >= 15 is 0 Å². The van der Waals surface area contributed by atoms with Crippen molar-refractivity contribution in [3.8, 4) is 5.75 Å². The highest BCUT2D eigenvalue weighted by atomic mass is 16.5. The van der Waals surface area contributed by atoms with Gasteiger partial charge in [-0.15, -0.1) is 0 Å². The smallest absolute Gasteiger partial charge is 0.230 e. The second-order valence-corrected chi connectivity index (χ2v) is 6.16.